The molecule has 1 fully saturated rings. The highest BCUT2D eigenvalue weighted by Crippen LogP contribution is 2.34. The molecule has 4 heteroatoms. The van der Waals surface area contributed by atoms with Crippen LogP contribution >= 0.6 is 0 Å². The molecule has 1 aromatic rings. The Hall–Kier alpha value is -1.45. The second-order valence-electron chi connectivity index (χ2n) is 5.60. The molecule has 0 amide bonds. The van der Waals surface area contributed by atoms with Gasteiger partial charge < -0.3 is 4.90 Å². The van der Waals surface area contributed by atoms with Crippen LogP contribution in [0.3, 0.4) is 0 Å². The minimum Gasteiger partial charge on any atom is -0.367 e. The average molecular weight is 253 g/mol. The quantitative estimate of drug-likeness (QED) is 0.753. The van der Waals surface area contributed by atoms with Gasteiger partial charge in [0.05, 0.1) is 0 Å². The van der Waals surface area contributed by atoms with E-state index < -0.39 is 11.6 Å². The van der Waals surface area contributed by atoms with Gasteiger partial charge in [-0.15, -0.1) is 0 Å². The smallest absolute Gasteiger partial charge is 0.150 e. The van der Waals surface area contributed by atoms with E-state index in [1.165, 1.54) is 0 Å². The molecule has 0 radical (unpaired) electrons. The highest BCUT2D eigenvalue weighted by molar-refractivity contribution is 5.76. The van der Waals surface area contributed by atoms with Crippen molar-refractivity contribution in [3.63, 3.8) is 0 Å². The molecule has 1 saturated heterocycles. The molecule has 0 atom stereocenters. The highest BCUT2D eigenvalue weighted by Gasteiger charge is 2.28. The van der Waals surface area contributed by atoms with E-state index >= 15 is 0 Å². The molecule has 0 N–H and O–H groups in total. The number of hydrogen-bond donors (Lipinski definition) is 0. The van der Waals surface area contributed by atoms with Crippen LogP contribution in [0, 0.1) is 17.0 Å². The summed E-state index contributed by atoms with van der Waals surface area (Å²) in [6, 6.07) is 2.18. The largest absolute Gasteiger partial charge is 0.367 e. The van der Waals surface area contributed by atoms with E-state index in [0.717, 1.165) is 25.0 Å². The topological polar surface area (TPSA) is 20.3 Å². The fraction of sp³-hybridized carbons (Fsp3) is 0.500. The molecule has 2 nitrogen and oxygen atoms in total. The van der Waals surface area contributed by atoms with E-state index in [0.29, 0.717) is 19.4 Å². The molecule has 2 rings (SSSR count). The Balaban J connectivity index is 2.27. The molecular formula is C14H17F2NO. The van der Waals surface area contributed by atoms with Gasteiger partial charge in [0, 0.05) is 18.7 Å². The van der Waals surface area contributed by atoms with Crippen LogP contribution in [0.5, 0.6) is 0 Å². The van der Waals surface area contributed by atoms with Crippen molar-refractivity contribution in [3.8, 4) is 0 Å². The van der Waals surface area contributed by atoms with Gasteiger partial charge in [-0.3, -0.25) is 4.79 Å². The van der Waals surface area contributed by atoms with Gasteiger partial charge in [-0.1, -0.05) is 13.8 Å². The van der Waals surface area contributed by atoms with Crippen molar-refractivity contribution in [1.82, 2.24) is 0 Å². The lowest BCUT2D eigenvalue weighted by Gasteiger charge is -2.38. The summed E-state index contributed by atoms with van der Waals surface area (Å²) in [6.45, 7) is 5.60. The van der Waals surface area contributed by atoms with Crippen LogP contribution in [0.1, 0.15) is 37.0 Å². The Labute approximate surface area is 106 Å². The van der Waals surface area contributed by atoms with Gasteiger partial charge in [0.1, 0.15) is 23.6 Å². The third kappa shape index (κ3) is 2.52. The molecule has 1 heterocycles. The fourth-order valence-corrected chi connectivity index (χ4v) is 2.29. The molecule has 0 saturated carbocycles. The summed E-state index contributed by atoms with van der Waals surface area (Å²) in [6.07, 6.45) is 2.26. The van der Waals surface area contributed by atoms with Crippen molar-refractivity contribution in [2.75, 3.05) is 18.0 Å². The van der Waals surface area contributed by atoms with E-state index in [1.54, 1.807) is 4.90 Å². The number of piperidine rings is 1. The lowest BCUT2D eigenvalue weighted by Crippen LogP contribution is -2.38. The number of anilines is 1. The lowest BCUT2D eigenvalue weighted by atomic mass is 9.82. The van der Waals surface area contributed by atoms with Crippen molar-refractivity contribution in [1.29, 1.82) is 0 Å². The molecule has 98 valence electrons. The minimum atomic E-state index is -0.656. The maximum atomic E-state index is 13.8. The van der Waals surface area contributed by atoms with Crippen molar-refractivity contribution in [3.05, 3.63) is 29.3 Å². The fourth-order valence-electron chi connectivity index (χ4n) is 2.29. The standard InChI is InChI=1S/C14H17F2NO/c1-14(2)3-5-17(6-4-14)13-11(15)7-10(9-18)8-12(13)16/h7-9H,3-6H2,1-2H3. The zero-order valence-corrected chi connectivity index (χ0v) is 10.7. The Kier molecular flexibility index (Phi) is 3.37. The molecule has 0 unspecified atom stereocenters. The molecule has 1 aliphatic heterocycles. The van der Waals surface area contributed by atoms with E-state index in [4.69, 9.17) is 0 Å². The van der Waals surface area contributed by atoms with Crippen molar-refractivity contribution in [2.24, 2.45) is 5.41 Å². The monoisotopic (exact) mass is 253 g/mol. The first kappa shape index (κ1) is 13.0. The predicted molar refractivity (Wildman–Crippen MR) is 67.0 cm³/mol. The summed E-state index contributed by atoms with van der Waals surface area (Å²) in [4.78, 5) is 12.3. The SMILES string of the molecule is CC1(C)CCN(c2c(F)cc(C=O)cc2F)CC1. The van der Waals surface area contributed by atoms with Crippen LogP contribution in [-0.2, 0) is 0 Å². The molecule has 0 aromatic heterocycles. The van der Waals surface area contributed by atoms with E-state index in [1.807, 2.05) is 0 Å². The van der Waals surface area contributed by atoms with Gasteiger partial charge in [0.15, 0.2) is 0 Å². The third-order valence-electron chi connectivity index (χ3n) is 3.61. The van der Waals surface area contributed by atoms with Crippen LogP contribution in [0.15, 0.2) is 12.1 Å². The van der Waals surface area contributed by atoms with Crippen LogP contribution < -0.4 is 4.90 Å². The zero-order chi connectivity index (χ0) is 13.3. The number of hydrogen-bond acceptors (Lipinski definition) is 2. The molecular weight excluding hydrogens is 236 g/mol. The minimum absolute atomic E-state index is 0.00361. The van der Waals surface area contributed by atoms with Gasteiger partial charge in [0.2, 0.25) is 0 Å². The summed E-state index contributed by atoms with van der Waals surface area (Å²) in [7, 11) is 0. The second kappa shape index (κ2) is 4.67. The Morgan fingerprint density at radius 2 is 1.67 bits per heavy atom. The zero-order valence-electron chi connectivity index (χ0n) is 10.7. The summed E-state index contributed by atoms with van der Waals surface area (Å²) >= 11 is 0. The number of halogens is 2. The molecule has 0 bridgehead atoms. The highest BCUT2D eigenvalue weighted by atomic mass is 19.1. The molecule has 1 aromatic carbocycles. The summed E-state index contributed by atoms with van der Waals surface area (Å²) < 4.78 is 27.7. The van der Waals surface area contributed by atoms with Gasteiger partial charge in [0.25, 0.3) is 0 Å². The average Bonchev–Trinajstić information content (AvgIpc) is 2.30. The van der Waals surface area contributed by atoms with E-state index in [-0.39, 0.29) is 16.7 Å². The van der Waals surface area contributed by atoms with Crippen LogP contribution in [0.25, 0.3) is 0 Å². The Bertz CT molecular complexity index is 438. The number of carbonyl (C=O) groups is 1. The van der Waals surface area contributed by atoms with Gasteiger partial charge in [-0.05, 0) is 30.4 Å². The molecule has 18 heavy (non-hydrogen) atoms. The van der Waals surface area contributed by atoms with Gasteiger partial charge in [-0.2, -0.15) is 0 Å². The first-order valence-electron chi connectivity index (χ1n) is 6.12. The molecule has 0 spiro atoms. The first-order valence-corrected chi connectivity index (χ1v) is 6.12. The maximum Gasteiger partial charge on any atom is 0.150 e. The number of aldehydes is 1. The maximum absolute atomic E-state index is 13.8. The Morgan fingerprint density at radius 3 is 2.11 bits per heavy atom. The van der Waals surface area contributed by atoms with E-state index in [2.05, 4.69) is 13.8 Å². The first-order chi connectivity index (χ1) is 8.43. The summed E-state index contributed by atoms with van der Waals surface area (Å²) in [5.74, 6) is -1.31. The second-order valence-corrected chi connectivity index (χ2v) is 5.60. The van der Waals surface area contributed by atoms with Gasteiger partial charge in [-0.25, -0.2) is 8.78 Å². The third-order valence-corrected chi connectivity index (χ3v) is 3.61. The van der Waals surface area contributed by atoms with Gasteiger partial charge >= 0.3 is 0 Å². The van der Waals surface area contributed by atoms with Crippen LogP contribution in [-0.4, -0.2) is 19.4 Å². The van der Waals surface area contributed by atoms with Crippen molar-refractivity contribution < 1.29 is 13.6 Å². The number of rotatable bonds is 2. The van der Waals surface area contributed by atoms with Crippen LogP contribution in [0.2, 0.25) is 0 Å². The van der Waals surface area contributed by atoms with Crippen molar-refractivity contribution in [2.45, 2.75) is 26.7 Å². The summed E-state index contributed by atoms with van der Waals surface area (Å²) in [5.41, 5.74) is 0.258. The van der Waals surface area contributed by atoms with Crippen molar-refractivity contribution >= 4 is 12.0 Å². The predicted octanol–water partition coefficient (Wildman–Crippen LogP) is 3.40. The molecule has 1 aliphatic rings. The Morgan fingerprint density at radius 1 is 1.17 bits per heavy atom. The number of benzene rings is 1. The van der Waals surface area contributed by atoms with E-state index in [9.17, 15) is 13.6 Å². The number of carbonyl (C=O) groups excluding carboxylic acids is 1. The normalized spacial score (nSPS) is 18.8. The lowest BCUT2D eigenvalue weighted by molar-refractivity contribution is 0.112. The summed E-state index contributed by atoms with van der Waals surface area (Å²) in [5, 5.41) is 0. The van der Waals surface area contributed by atoms with Crippen LogP contribution in [0.4, 0.5) is 14.5 Å². The molecule has 0 aliphatic carbocycles. The number of nitrogens with zero attached hydrogens (tertiary/aromatic N) is 1.